The number of fused-ring (bicyclic) bond motifs is 1. The van der Waals surface area contributed by atoms with Crippen molar-refractivity contribution in [3.8, 4) is 0 Å². The van der Waals surface area contributed by atoms with Crippen LogP contribution in [0.2, 0.25) is 0 Å². The van der Waals surface area contributed by atoms with E-state index in [9.17, 15) is 0 Å². The zero-order valence-corrected chi connectivity index (χ0v) is 8.23. The van der Waals surface area contributed by atoms with E-state index >= 15 is 0 Å². The SMILES string of the molecule is ICC1CCCc2nnnn21. The monoisotopic (exact) mass is 264 g/mol. The third-order valence-electron chi connectivity index (χ3n) is 2.02. The van der Waals surface area contributed by atoms with Gasteiger partial charge in [0.25, 0.3) is 0 Å². The highest BCUT2D eigenvalue weighted by Gasteiger charge is 2.20. The fraction of sp³-hybridized carbons (Fsp3) is 0.833. The van der Waals surface area contributed by atoms with E-state index in [0.717, 1.165) is 16.7 Å². The van der Waals surface area contributed by atoms with E-state index in [2.05, 4.69) is 38.1 Å². The molecule has 0 aromatic carbocycles. The van der Waals surface area contributed by atoms with E-state index in [0.29, 0.717) is 6.04 Å². The fourth-order valence-corrected chi connectivity index (χ4v) is 2.23. The van der Waals surface area contributed by atoms with Crippen LogP contribution in [0.5, 0.6) is 0 Å². The standard InChI is InChI=1S/C6H9IN4/c7-4-5-2-1-3-6-8-9-10-11(5)6/h5H,1-4H2. The molecule has 1 aliphatic heterocycles. The molecular formula is C6H9IN4. The van der Waals surface area contributed by atoms with Gasteiger partial charge in [-0.1, -0.05) is 22.6 Å². The van der Waals surface area contributed by atoms with Crippen LogP contribution in [0, 0.1) is 0 Å². The van der Waals surface area contributed by atoms with Crippen LogP contribution in [0.25, 0.3) is 0 Å². The number of aryl methyl sites for hydroxylation is 1. The molecule has 1 aliphatic rings. The average molecular weight is 264 g/mol. The van der Waals surface area contributed by atoms with Gasteiger partial charge in [0, 0.05) is 10.8 Å². The van der Waals surface area contributed by atoms with Crippen molar-refractivity contribution < 1.29 is 0 Å². The van der Waals surface area contributed by atoms with Crippen molar-refractivity contribution >= 4 is 22.6 Å². The van der Waals surface area contributed by atoms with Crippen molar-refractivity contribution in [1.82, 2.24) is 20.2 Å². The van der Waals surface area contributed by atoms with Crippen LogP contribution in [0.3, 0.4) is 0 Å². The first-order valence-electron chi connectivity index (χ1n) is 3.74. The van der Waals surface area contributed by atoms with Crippen molar-refractivity contribution in [2.24, 2.45) is 0 Å². The third kappa shape index (κ3) is 1.25. The lowest BCUT2D eigenvalue weighted by Gasteiger charge is -2.19. The lowest BCUT2D eigenvalue weighted by molar-refractivity contribution is 0.393. The molecule has 11 heavy (non-hydrogen) atoms. The van der Waals surface area contributed by atoms with Gasteiger partial charge in [-0.3, -0.25) is 0 Å². The molecule has 2 rings (SSSR count). The van der Waals surface area contributed by atoms with Crippen molar-refractivity contribution in [3.05, 3.63) is 5.82 Å². The average Bonchev–Trinajstić information content (AvgIpc) is 2.50. The van der Waals surface area contributed by atoms with E-state index < -0.39 is 0 Å². The summed E-state index contributed by atoms with van der Waals surface area (Å²) < 4.78 is 3.08. The second kappa shape index (κ2) is 3.04. The van der Waals surface area contributed by atoms with Gasteiger partial charge in [0.2, 0.25) is 0 Å². The predicted molar refractivity (Wildman–Crippen MR) is 48.7 cm³/mol. The number of hydrogen-bond acceptors (Lipinski definition) is 3. The number of aromatic nitrogens is 4. The van der Waals surface area contributed by atoms with Gasteiger partial charge in [-0.25, -0.2) is 4.68 Å². The minimum absolute atomic E-state index is 0.536. The Morgan fingerprint density at radius 2 is 2.55 bits per heavy atom. The molecule has 1 unspecified atom stereocenters. The topological polar surface area (TPSA) is 43.6 Å². The van der Waals surface area contributed by atoms with Crippen molar-refractivity contribution in [1.29, 1.82) is 0 Å². The summed E-state index contributed by atoms with van der Waals surface area (Å²) in [6.07, 6.45) is 3.50. The molecule has 2 heterocycles. The maximum atomic E-state index is 3.96. The lowest BCUT2D eigenvalue weighted by atomic mass is 10.1. The van der Waals surface area contributed by atoms with Crippen LogP contribution in [0.4, 0.5) is 0 Å². The van der Waals surface area contributed by atoms with Crippen LogP contribution in [-0.2, 0) is 6.42 Å². The molecule has 0 bridgehead atoms. The second-order valence-corrected chi connectivity index (χ2v) is 3.62. The summed E-state index contributed by atoms with van der Waals surface area (Å²) in [5, 5.41) is 11.6. The molecule has 0 saturated heterocycles. The molecular weight excluding hydrogens is 255 g/mol. The Morgan fingerprint density at radius 3 is 3.36 bits per heavy atom. The molecule has 0 aliphatic carbocycles. The van der Waals surface area contributed by atoms with E-state index in [4.69, 9.17) is 0 Å². The Bertz CT molecular complexity index is 246. The van der Waals surface area contributed by atoms with Crippen molar-refractivity contribution in [2.75, 3.05) is 4.43 Å². The van der Waals surface area contributed by atoms with E-state index in [1.165, 1.54) is 12.8 Å². The van der Waals surface area contributed by atoms with Gasteiger partial charge < -0.3 is 0 Å². The second-order valence-electron chi connectivity index (χ2n) is 2.74. The lowest BCUT2D eigenvalue weighted by Crippen LogP contribution is -2.20. The molecule has 4 nitrogen and oxygen atoms in total. The molecule has 0 fully saturated rings. The smallest absolute Gasteiger partial charge is 0.151 e. The Morgan fingerprint density at radius 1 is 1.64 bits per heavy atom. The third-order valence-corrected chi connectivity index (χ3v) is 3.04. The first-order chi connectivity index (χ1) is 5.42. The first-order valence-corrected chi connectivity index (χ1v) is 5.27. The van der Waals surface area contributed by atoms with Gasteiger partial charge >= 0.3 is 0 Å². The Balaban J connectivity index is 2.32. The summed E-state index contributed by atoms with van der Waals surface area (Å²) in [7, 11) is 0. The molecule has 0 amide bonds. The van der Waals surface area contributed by atoms with E-state index in [1.807, 2.05) is 4.68 Å². The van der Waals surface area contributed by atoms with Crippen LogP contribution in [-0.4, -0.2) is 24.6 Å². The zero-order chi connectivity index (χ0) is 7.68. The van der Waals surface area contributed by atoms with Crippen LogP contribution in [0.1, 0.15) is 24.7 Å². The summed E-state index contributed by atoms with van der Waals surface area (Å²) in [5.41, 5.74) is 0. The number of hydrogen-bond donors (Lipinski definition) is 0. The van der Waals surface area contributed by atoms with Gasteiger partial charge in [0.1, 0.15) is 0 Å². The minimum atomic E-state index is 0.536. The first kappa shape index (κ1) is 7.45. The summed E-state index contributed by atoms with van der Waals surface area (Å²) in [4.78, 5) is 0. The van der Waals surface area contributed by atoms with Crippen LogP contribution >= 0.6 is 22.6 Å². The molecule has 1 aromatic rings. The Kier molecular flexibility index (Phi) is 2.06. The summed E-state index contributed by atoms with van der Waals surface area (Å²) in [6.45, 7) is 0. The van der Waals surface area contributed by atoms with Crippen LogP contribution < -0.4 is 0 Å². The molecule has 1 atom stereocenters. The van der Waals surface area contributed by atoms with Crippen LogP contribution in [0.15, 0.2) is 0 Å². The Hall–Kier alpha value is -0.200. The predicted octanol–water partition coefficient (Wildman–Crippen LogP) is 0.985. The molecule has 60 valence electrons. The van der Waals surface area contributed by atoms with E-state index in [-0.39, 0.29) is 0 Å². The normalized spacial score (nSPS) is 23.2. The quantitative estimate of drug-likeness (QED) is 0.561. The summed E-state index contributed by atoms with van der Waals surface area (Å²) in [6, 6.07) is 0.536. The number of nitrogens with zero attached hydrogens (tertiary/aromatic N) is 4. The van der Waals surface area contributed by atoms with Gasteiger partial charge in [0.05, 0.1) is 6.04 Å². The number of alkyl halides is 1. The maximum Gasteiger partial charge on any atom is 0.151 e. The molecule has 5 heteroatoms. The maximum absolute atomic E-state index is 3.96. The minimum Gasteiger partial charge on any atom is -0.226 e. The molecule has 0 saturated carbocycles. The van der Waals surface area contributed by atoms with Gasteiger partial charge in [-0.15, -0.1) is 5.10 Å². The Labute approximate surface area is 78.5 Å². The van der Waals surface area contributed by atoms with Crippen molar-refractivity contribution in [2.45, 2.75) is 25.3 Å². The molecule has 1 aromatic heterocycles. The van der Waals surface area contributed by atoms with Gasteiger partial charge in [0.15, 0.2) is 5.82 Å². The molecule has 0 N–H and O–H groups in total. The molecule has 0 spiro atoms. The number of tetrazole rings is 1. The molecule has 0 radical (unpaired) electrons. The highest BCUT2D eigenvalue weighted by atomic mass is 127. The highest BCUT2D eigenvalue weighted by Crippen LogP contribution is 2.22. The van der Waals surface area contributed by atoms with Crippen molar-refractivity contribution in [3.63, 3.8) is 0 Å². The highest BCUT2D eigenvalue weighted by molar-refractivity contribution is 14.1. The van der Waals surface area contributed by atoms with Gasteiger partial charge in [-0.05, 0) is 23.3 Å². The summed E-state index contributed by atoms with van der Waals surface area (Å²) in [5.74, 6) is 1.05. The summed E-state index contributed by atoms with van der Waals surface area (Å²) >= 11 is 2.38. The van der Waals surface area contributed by atoms with E-state index in [1.54, 1.807) is 0 Å². The fourth-order valence-electron chi connectivity index (χ4n) is 1.42. The van der Waals surface area contributed by atoms with Gasteiger partial charge in [-0.2, -0.15) is 0 Å². The number of halogens is 1. The zero-order valence-electron chi connectivity index (χ0n) is 6.07. The largest absolute Gasteiger partial charge is 0.226 e. The number of rotatable bonds is 1.